The maximum Gasteiger partial charge on any atom is 0.438 e. The molecule has 1 aromatic heterocycles. The van der Waals surface area contributed by atoms with Gasteiger partial charge in [-0.15, -0.1) is 0 Å². The Balaban J connectivity index is 1.79. The number of nitrogens with zero attached hydrogens (tertiary/aromatic N) is 5. The van der Waals surface area contributed by atoms with Crippen LogP contribution in [0.25, 0.3) is 0 Å². The van der Waals surface area contributed by atoms with Gasteiger partial charge in [0.05, 0.1) is 23.9 Å². The van der Waals surface area contributed by atoms with Crippen molar-refractivity contribution in [2.45, 2.75) is 31.8 Å². The highest BCUT2D eigenvalue weighted by Gasteiger charge is 2.62. The van der Waals surface area contributed by atoms with Crippen LogP contribution in [0.3, 0.4) is 0 Å². The number of aromatic nitrogens is 2. The van der Waals surface area contributed by atoms with Crippen LogP contribution in [0.1, 0.15) is 29.3 Å². The van der Waals surface area contributed by atoms with Gasteiger partial charge >= 0.3 is 12.0 Å². The molecule has 2 heterocycles. The number of carbonyl (C=O) groups is 1. The average Bonchev–Trinajstić information content (AvgIpc) is 3.19. The number of amides is 1. The number of hydrazone groups is 1. The minimum atomic E-state index is -5.07. The van der Waals surface area contributed by atoms with Crippen LogP contribution in [0.2, 0.25) is 0 Å². The average molecular weight is 397 g/mol. The largest absolute Gasteiger partial charge is 0.438 e. The van der Waals surface area contributed by atoms with E-state index in [9.17, 15) is 33.2 Å². The normalized spacial score (nSPS) is 19.6. The Morgan fingerprint density at radius 1 is 1.32 bits per heavy atom. The van der Waals surface area contributed by atoms with Crippen LogP contribution in [0.15, 0.2) is 41.6 Å². The fraction of sp³-hybridized carbons (Fsp3) is 0.312. The van der Waals surface area contributed by atoms with Crippen molar-refractivity contribution in [3.05, 3.63) is 57.8 Å². The summed E-state index contributed by atoms with van der Waals surface area (Å²) in [7, 11) is 0. The Morgan fingerprint density at radius 2 is 1.96 bits per heavy atom. The first-order valence-electron chi connectivity index (χ1n) is 7.96. The first-order valence-corrected chi connectivity index (χ1v) is 7.96. The molecule has 0 aliphatic carbocycles. The van der Waals surface area contributed by atoms with Crippen LogP contribution < -0.4 is 0 Å². The first kappa shape index (κ1) is 19.5. The lowest BCUT2D eigenvalue weighted by atomic mass is 10.1. The Labute approximate surface area is 155 Å². The van der Waals surface area contributed by atoms with Crippen LogP contribution in [-0.4, -0.2) is 48.3 Å². The van der Waals surface area contributed by atoms with Crippen LogP contribution in [0.4, 0.5) is 19.0 Å². The molecule has 1 atom stereocenters. The van der Waals surface area contributed by atoms with E-state index >= 15 is 0 Å². The zero-order chi connectivity index (χ0) is 20.7. The van der Waals surface area contributed by atoms with Crippen molar-refractivity contribution < 1.29 is 28.0 Å². The Hall–Kier alpha value is -3.28. The molecular formula is C16H14F3N5O4. The topological polar surface area (TPSA) is 114 Å². The zero-order valence-corrected chi connectivity index (χ0v) is 14.4. The summed E-state index contributed by atoms with van der Waals surface area (Å²) in [6.07, 6.45) is -4.49. The molecule has 0 fully saturated rings. The molecule has 3 rings (SSSR count). The van der Waals surface area contributed by atoms with Crippen LogP contribution in [-0.2, 0) is 6.54 Å². The summed E-state index contributed by atoms with van der Waals surface area (Å²) in [5, 5.41) is 28.0. The second kappa shape index (κ2) is 6.71. The molecule has 1 amide bonds. The van der Waals surface area contributed by atoms with Gasteiger partial charge in [0, 0.05) is 17.7 Å². The highest BCUT2D eigenvalue weighted by atomic mass is 19.4. The van der Waals surface area contributed by atoms with E-state index in [4.69, 9.17) is 0 Å². The van der Waals surface area contributed by atoms with Gasteiger partial charge in [0.15, 0.2) is 0 Å². The molecule has 0 unspecified atom stereocenters. The lowest BCUT2D eigenvalue weighted by Crippen LogP contribution is -2.56. The second-order valence-corrected chi connectivity index (χ2v) is 6.27. The molecular weight excluding hydrogens is 383 g/mol. The van der Waals surface area contributed by atoms with Gasteiger partial charge in [0.25, 0.3) is 11.6 Å². The van der Waals surface area contributed by atoms with Crippen LogP contribution in [0.5, 0.6) is 0 Å². The molecule has 1 N–H and O–H groups in total. The summed E-state index contributed by atoms with van der Waals surface area (Å²) < 4.78 is 41.0. The van der Waals surface area contributed by atoms with Gasteiger partial charge in [-0.1, -0.05) is 12.1 Å². The molecule has 28 heavy (non-hydrogen) atoms. The van der Waals surface area contributed by atoms with Gasteiger partial charge in [-0.05, 0) is 29.5 Å². The smallest absolute Gasteiger partial charge is 0.362 e. The molecule has 0 spiro atoms. The first-order chi connectivity index (χ1) is 13.0. The molecule has 0 saturated carbocycles. The molecule has 1 aliphatic heterocycles. The number of nitro groups is 1. The summed E-state index contributed by atoms with van der Waals surface area (Å²) in [5.74, 6) is -1.42. The molecule has 0 saturated heterocycles. The van der Waals surface area contributed by atoms with E-state index in [0.29, 0.717) is 5.56 Å². The van der Waals surface area contributed by atoms with Crippen molar-refractivity contribution in [3.63, 3.8) is 0 Å². The predicted octanol–water partition coefficient (Wildman–Crippen LogP) is 2.31. The third kappa shape index (κ3) is 3.45. The standard InChI is InChI=1S/C16H14F3N5O4/c1-10-8-15(26,16(17,18)19)23(20-10)14(25)12-4-2-11(3-5-12)9-22-7-6-13(21-22)24(27)28/h2-7,26H,8-9H2,1H3/t15-/m0/s1. The summed E-state index contributed by atoms with van der Waals surface area (Å²) in [6.45, 7) is 1.45. The minimum absolute atomic E-state index is 0.0231. The van der Waals surface area contributed by atoms with Gasteiger partial charge in [0.2, 0.25) is 0 Å². The lowest BCUT2D eigenvalue weighted by molar-refractivity contribution is -0.389. The van der Waals surface area contributed by atoms with Crippen molar-refractivity contribution in [1.82, 2.24) is 14.8 Å². The van der Waals surface area contributed by atoms with Gasteiger partial charge in [0.1, 0.15) is 0 Å². The monoisotopic (exact) mass is 397 g/mol. The van der Waals surface area contributed by atoms with E-state index in [-0.39, 0.29) is 28.6 Å². The molecule has 148 valence electrons. The van der Waals surface area contributed by atoms with Crippen LogP contribution >= 0.6 is 0 Å². The number of hydrogen-bond acceptors (Lipinski definition) is 6. The fourth-order valence-corrected chi connectivity index (χ4v) is 2.75. The third-order valence-electron chi connectivity index (χ3n) is 4.13. The zero-order valence-electron chi connectivity index (χ0n) is 14.4. The highest BCUT2D eigenvalue weighted by Crippen LogP contribution is 2.40. The Kier molecular flexibility index (Phi) is 4.67. The fourth-order valence-electron chi connectivity index (χ4n) is 2.75. The van der Waals surface area contributed by atoms with Gasteiger partial charge < -0.3 is 15.2 Å². The summed E-state index contributed by atoms with van der Waals surface area (Å²) in [6, 6.07) is 6.74. The molecule has 2 aromatic rings. The van der Waals surface area contributed by atoms with E-state index in [1.54, 1.807) is 0 Å². The van der Waals surface area contributed by atoms with E-state index in [1.165, 1.54) is 48.1 Å². The number of alkyl halides is 3. The van der Waals surface area contributed by atoms with Gasteiger partial charge in [-0.3, -0.25) is 4.79 Å². The number of carbonyl (C=O) groups excluding carboxylic acids is 1. The molecule has 1 aliphatic rings. The highest BCUT2D eigenvalue weighted by molar-refractivity contribution is 5.97. The number of rotatable bonds is 4. The van der Waals surface area contributed by atoms with Gasteiger partial charge in [-0.2, -0.15) is 28.0 Å². The number of benzene rings is 1. The number of halogens is 3. The maximum atomic E-state index is 13.2. The van der Waals surface area contributed by atoms with Crippen molar-refractivity contribution in [1.29, 1.82) is 0 Å². The van der Waals surface area contributed by atoms with Crippen molar-refractivity contribution in [3.8, 4) is 0 Å². The summed E-state index contributed by atoms with van der Waals surface area (Å²) >= 11 is 0. The molecule has 0 radical (unpaired) electrons. The Bertz CT molecular complexity index is 954. The van der Waals surface area contributed by atoms with Crippen molar-refractivity contribution in [2.75, 3.05) is 0 Å². The Morgan fingerprint density at radius 3 is 2.50 bits per heavy atom. The predicted molar refractivity (Wildman–Crippen MR) is 89.3 cm³/mol. The van der Waals surface area contributed by atoms with Crippen LogP contribution in [0, 0.1) is 10.1 Å². The lowest BCUT2D eigenvalue weighted by Gasteiger charge is -2.32. The second-order valence-electron chi connectivity index (χ2n) is 6.27. The molecule has 1 aromatic carbocycles. The summed E-state index contributed by atoms with van der Waals surface area (Å²) in [5.41, 5.74) is -2.90. The van der Waals surface area contributed by atoms with E-state index in [2.05, 4.69) is 10.2 Å². The summed E-state index contributed by atoms with van der Waals surface area (Å²) in [4.78, 5) is 22.5. The van der Waals surface area contributed by atoms with Crippen molar-refractivity contribution in [2.24, 2.45) is 5.10 Å². The van der Waals surface area contributed by atoms with Crippen molar-refractivity contribution >= 4 is 17.4 Å². The third-order valence-corrected chi connectivity index (χ3v) is 4.13. The quantitative estimate of drug-likeness (QED) is 0.628. The van der Waals surface area contributed by atoms with Gasteiger partial charge in [-0.25, -0.2) is 0 Å². The maximum absolute atomic E-state index is 13.2. The van der Waals surface area contributed by atoms with E-state index in [0.717, 1.165) is 0 Å². The molecule has 0 bridgehead atoms. The molecule has 9 nitrogen and oxygen atoms in total. The number of hydrogen-bond donors (Lipinski definition) is 1. The number of aliphatic hydroxyl groups is 1. The SMILES string of the molecule is CC1=NN(C(=O)c2ccc(Cn3ccc([N+](=O)[O-])n3)cc2)[C@@](O)(C(F)(F)F)C1. The van der Waals surface area contributed by atoms with E-state index < -0.39 is 29.2 Å². The minimum Gasteiger partial charge on any atom is -0.362 e. The van der Waals surface area contributed by atoms with E-state index in [1.807, 2.05) is 0 Å². The molecule has 12 heteroatoms.